The van der Waals surface area contributed by atoms with Gasteiger partial charge in [0.25, 0.3) is 5.91 Å². The Bertz CT molecular complexity index is 789. The van der Waals surface area contributed by atoms with Gasteiger partial charge in [0.1, 0.15) is 11.9 Å². The number of benzene rings is 2. The fraction of sp³-hybridized carbons (Fsp3) is 0.333. The number of nitrogens with zero attached hydrogens (tertiary/aromatic N) is 1. The number of likely N-dealkylation sites (tertiary alicyclic amines) is 1. The minimum absolute atomic E-state index is 0.0761. The molecule has 1 heterocycles. The Morgan fingerprint density at radius 2 is 1.96 bits per heavy atom. The lowest BCUT2D eigenvalue weighted by Crippen LogP contribution is -2.47. The molecule has 1 atom stereocenters. The number of halogens is 1. The van der Waals surface area contributed by atoms with Crippen LogP contribution in [-0.2, 0) is 11.3 Å². The Morgan fingerprint density at radius 3 is 2.69 bits per heavy atom. The van der Waals surface area contributed by atoms with Crippen molar-refractivity contribution in [2.24, 2.45) is 0 Å². The maximum Gasteiger partial charge on any atom is 0.252 e. The molecular weight excluding hydrogens is 331 g/mol. The van der Waals surface area contributed by atoms with E-state index in [1.165, 1.54) is 23.8 Å². The highest BCUT2D eigenvalue weighted by Crippen LogP contribution is 2.16. The van der Waals surface area contributed by atoms with Gasteiger partial charge < -0.3 is 10.2 Å². The number of carbonyl (C=O) groups is 2. The number of hydrogen-bond donors (Lipinski definition) is 1. The molecule has 2 aromatic rings. The van der Waals surface area contributed by atoms with E-state index in [2.05, 4.69) is 5.32 Å². The van der Waals surface area contributed by atoms with Crippen LogP contribution in [0, 0.1) is 12.7 Å². The van der Waals surface area contributed by atoms with Crippen molar-refractivity contribution in [1.29, 1.82) is 0 Å². The summed E-state index contributed by atoms with van der Waals surface area (Å²) in [6, 6.07) is 13.0. The van der Waals surface area contributed by atoms with E-state index in [-0.39, 0.29) is 11.5 Å². The van der Waals surface area contributed by atoms with E-state index in [4.69, 9.17) is 0 Å². The van der Waals surface area contributed by atoms with Crippen LogP contribution in [0.5, 0.6) is 0 Å². The predicted molar refractivity (Wildman–Crippen MR) is 98.1 cm³/mol. The topological polar surface area (TPSA) is 49.4 Å². The average Bonchev–Trinajstić information content (AvgIpc) is 2.79. The third-order valence-electron chi connectivity index (χ3n) is 4.67. The third kappa shape index (κ3) is 4.48. The van der Waals surface area contributed by atoms with Gasteiger partial charge in [0, 0.05) is 18.7 Å². The lowest BCUT2D eigenvalue weighted by Gasteiger charge is -2.25. The number of aryl methyl sites for hydroxylation is 1. The van der Waals surface area contributed by atoms with Crippen LogP contribution < -0.4 is 5.32 Å². The molecule has 2 amide bonds. The van der Waals surface area contributed by atoms with Crippen molar-refractivity contribution in [2.75, 3.05) is 6.54 Å². The molecule has 0 bridgehead atoms. The van der Waals surface area contributed by atoms with E-state index in [1.54, 1.807) is 11.0 Å². The SMILES string of the molecule is Cc1ccc(CN2CCCCC(NC(=O)c3cccc(F)c3)C2=O)cc1. The molecule has 0 spiro atoms. The lowest BCUT2D eigenvalue weighted by molar-refractivity contribution is -0.133. The molecule has 1 aliphatic rings. The van der Waals surface area contributed by atoms with Crippen molar-refractivity contribution < 1.29 is 14.0 Å². The summed E-state index contributed by atoms with van der Waals surface area (Å²) in [5.41, 5.74) is 2.48. The summed E-state index contributed by atoms with van der Waals surface area (Å²) in [7, 11) is 0. The first kappa shape index (κ1) is 18.1. The Hall–Kier alpha value is -2.69. The molecular formula is C21H23FN2O2. The van der Waals surface area contributed by atoms with Crippen LogP contribution in [0.15, 0.2) is 48.5 Å². The van der Waals surface area contributed by atoms with Crippen LogP contribution in [-0.4, -0.2) is 29.3 Å². The van der Waals surface area contributed by atoms with E-state index in [0.717, 1.165) is 18.4 Å². The van der Waals surface area contributed by atoms with Crippen LogP contribution in [0.2, 0.25) is 0 Å². The van der Waals surface area contributed by atoms with Gasteiger partial charge in [-0.3, -0.25) is 9.59 Å². The van der Waals surface area contributed by atoms with Gasteiger partial charge in [-0.2, -0.15) is 0 Å². The molecule has 1 unspecified atom stereocenters. The van der Waals surface area contributed by atoms with Gasteiger partial charge in [-0.15, -0.1) is 0 Å². The van der Waals surface area contributed by atoms with E-state index in [9.17, 15) is 14.0 Å². The van der Waals surface area contributed by atoms with Crippen molar-refractivity contribution in [3.05, 3.63) is 71.0 Å². The zero-order chi connectivity index (χ0) is 18.5. The van der Waals surface area contributed by atoms with Gasteiger partial charge in [0.15, 0.2) is 0 Å². The van der Waals surface area contributed by atoms with Crippen molar-refractivity contribution in [3.63, 3.8) is 0 Å². The Labute approximate surface area is 153 Å². The van der Waals surface area contributed by atoms with Crippen LogP contribution in [0.3, 0.4) is 0 Å². The maximum absolute atomic E-state index is 13.3. The number of nitrogens with one attached hydrogen (secondary N) is 1. The molecule has 1 N–H and O–H groups in total. The molecule has 1 aliphatic heterocycles. The summed E-state index contributed by atoms with van der Waals surface area (Å²) in [4.78, 5) is 27.1. The molecule has 1 fully saturated rings. The van der Waals surface area contributed by atoms with Gasteiger partial charge in [0.05, 0.1) is 0 Å². The molecule has 3 rings (SSSR count). The first-order valence-corrected chi connectivity index (χ1v) is 8.94. The molecule has 4 nitrogen and oxygen atoms in total. The third-order valence-corrected chi connectivity index (χ3v) is 4.67. The second-order valence-electron chi connectivity index (χ2n) is 6.78. The van der Waals surface area contributed by atoms with Crippen molar-refractivity contribution in [1.82, 2.24) is 10.2 Å². The summed E-state index contributed by atoms with van der Waals surface area (Å²) in [5, 5.41) is 2.78. The molecule has 0 radical (unpaired) electrons. The summed E-state index contributed by atoms with van der Waals surface area (Å²) in [6.45, 7) is 3.24. The molecule has 136 valence electrons. The van der Waals surface area contributed by atoms with Gasteiger partial charge >= 0.3 is 0 Å². The largest absolute Gasteiger partial charge is 0.340 e. The molecule has 1 saturated heterocycles. The molecule has 0 aliphatic carbocycles. The Morgan fingerprint density at radius 1 is 1.19 bits per heavy atom. The molecule has 26 heavy (non-hydrogen) atoms. The van der Waals surface area contributed by atoms with E-state index >= 15 is 0 Å². The summed E-state index contributed by atoms with van der Waals surface area (Å²) in [6.07, 6.45) is 2.37. The Kier molecular flexibility index (Phi) is 5.66. The molecule has 5 heteroatoms. The monoisotopic (exact) mass is 354 g/mol. The number of hydrogen-bond acceptors (Lipinski definition) is 2. The highest BCUT2D eigenvalue weighted by Gasteiger charge is 2.28. The van der Waals surface area contributed by atoms with Crippen LogP contribution >= 0.6 is 0 Å². The van der Waals surface area contributed by atoms with Crippen molar-refractivity contribution in [3.8, 4) is 0 Å². The predicted octanol–water partition coefficient (Wildman–Crippen LogP) is 3.45. The van der Waals surface area contributed by atoms with Crippen LogP contribution in [0.25, 0.3) is 0 Å². The normalized spacial score (nSPS) is 17.7. The van der Waals surface area contributed by atoms with Gasteiger partial charge in [-0.05, 0) is 49.9 Å². The second-order valence-corrected chi connectivity index (χ2v) is 6.78. The molecule has 0 aromatic heterocycles. The highest BCUT2D eigenvalue weighted by molar-refractivity contribution is 5.97. The maximum atomic E-state index is 13.3. The fourth-order valence-electron chi connectivity index (χ4n) is 3.18. The minimum atomic E-state index is -0.571. The number of amides is 2. The zero-order valence-electron chi connectivity index (χ0n) is 14.9. The second kappa shape index (κ2) is 8.13. The molecule has 0 saturated carbocycles. The summed E-state index contributed by atoms with van der Waals surface area (Å²) >= 11 is 0. The first-order chi connectivity index (χ1) is 12.5. The van der Waals surface area contributed by atoms with Gasteiger partial charge in [0.2, 0.25) is 5.91 Å². The quantitative estimate of drug-likeness (QED) is 0.914. The smallest absolute Gasteiger partial charge is 0.252 e. The lowest BCUT2D eigenvalue weighted by atomic mass is 10.1. The average molecular weight is 354 g/mol. The Balaban J connectivity index is 1.69. The van der Waals surface area contributed by atoms with Crippen LogP contribution in [0.4, 0.5) is 4.39 Å². The van der Waals surface area contributed by atoms with E-state index in [1.807, 2.05) is 31.2 Å². The van der Waals surface area contributed by atoms with E-state index in [0.29, 0.717) is 19.5 Å². The number of carbonyl (C=O) groups excluding carboxylic acids is 2. The zero-order valence-corrected chi connectivity index (χ0v) is 14.9. The standard InChI is InChI=1S/C21H23FN2O2/c1-15-8-10-16(11-9-15)14-24-12-3-2-7-19(21(24)26)23-20(25)17-5-4-6-18(22)13-17/h4-6,8-11,13,19H,2-3,7,12,14H2,1H3,(H,23,25). The molecule has 2 aromatic carbocycles. The van der Waals surface area contributed by atoms with Gasteiger partial charge in [-0.25, -0.2) is 4.39 Å². The first-order valence-electron chi connectivity index (χ1n) is 8.94. The van der Waals surface area contributed by atoms with Gasteiger partial charge in [-0.1, -0.05) is 35.9 Å². The fourth-order valence-corrected chi connectivity index (χ4v) is 3.18. The van der Waals surface area contributed by atoms with Crippen LogP contribution in [0.1, 0.15) is 40.7 Å². The van der Waals surface area contributed by atoms with Crippen molar-refractivity contribution >= 4 is 11.8 Å². The summed E-state index contributed by atoms with van der Waals surface area (Å²) in [5.74, 6) is -0.960. The van der Waals surface area contributed by atoms with E-state index < -0.39 is 17.8 Å². The van der Waals surface area contributed by atoms with Crippen molar-refractivity contribution in [2.45, 2.75) is 38.8 Å². The minimum Gasteiger partial charge on any atom is -0.340 e. The number of rotatable bonds is 4. The summed E-state index contributed by atoms with van der Waals surface area (Å²) < 4.78 is 13.3. The highest BCUT2D eigenvalue weighted by atomic mass is 19.1.